The van der Waals surface area contributed by atoms with Gasteiger partial charge in [0.2, 0.25) is 5.95 Å². The summed E-state index contributed by atoms with van der Waals surface area (Å²) in [5, 5.41) is 6.87. The molecule has 2 aromatic rings. The third kappa shape index (κ3) is 3.30. The summed E-state index contributed by atoms with van der Waals surface area (Å²) in [4.78, 5) is 8.63. The molecule has 0 amide bonds. The van der Waals surface area contributed by atoms with Crippen LogP contribution >= 0.6 is 11.6 Å². The maximum Gasteiger partial charge on any atom is 0.224 e. The number of methoxy groups -OCH3 is 1. The fourth-order valence-electron chi connectivity index (χ4n) is 1.69. The number of hydrogen-bond donors (Lipinski definition) is 2. The number of aromatic nitrogens is 2. The van der Waals surface area contributed by atoms with Crippen LogP contribution < -0.4 is 15.4 Å². The first-order valence-electron chi connectivity index (χ1n) is 6.32. The van der Waals surface area contributed by atoms with E-state index in [1.807, 2.05) is 26.0 Å². The molecule has 106 valence electrons. The molecule has 0 aliphatic rings. The Morgan fingerprint density at radius 1 is 1.35 bits per heavy atom. The minimum atomic E-state index is 0.552. The van der Waals surface area contributed by atoms with Crippen molar-refractivity contribution in [3.63, 3.8) is 0 Å². The zero-order valence-corrected chi connectivity index (χ0v) is 12.5. The fraction of sp³-hybridized carbons (Fsp3) is 0.286. The molecule has 0 bridgehead atoms. The second-order valence-corrected chi connectivity index (χ2v) is 4.64. The van der Waals surface area contributed by atoms with E-state index in [0.29, 0.717) is 16.7 Å². The summed E-state index contributed by atoms with van der Waals surface area (Å²) in [6.07, 6.45) is 1.78. The molecule has 0 unspecified atom stereocenters. The van der Waals surface area contributed by atoms with Crippen LogP contribution in [0.25, 0.3) is 0 Å². The van der Waals surface area contributed by atoms with E-state index in [4.69, 9.17) is 16.3 Å². The molecule has 0 atom stereocenters. The third-order valence-corrected chi connectivity index (χ3v) is 3.02. The van der Waals surface area contributed by atoms with Crippen LogP contribution in [0, 0.1) is 6.92 Å². The topological polar surface area (TPSA) is 59.1 Å². The molecule has 2 rings (SSSR count). The van der Waals surface area contributed by atoms with Crippen LogP contribution in [0.3, 0.4) is 0 Å². The molecule has 0 aliphatic heterocycles. The fourth-order valence-corrected chi connectivity index (χ4v) is 1.95. The number of hydrogen-bond acceptors (Lipinski definition) is 5. The minimum absolute atomic E-state index is 0.552. The molecule has 0 fully saturated rings. The second kappa shape index (κ2) is 6.43. The summed E-state index contributed by atoms with van der Waals surface area (Å²) < 4.78 is 5.13. The Kier molecular flexibility index (Phi) is 4.63. The monoisotopic (exact) mass is 292 g/mol. The summed E-state index contributed by atoms with van der Waals surface area (Å²) in [5.74, 6) is 1.99. The molecular formula is C14H17ClN4O. The number of benzene rings is 1. The average molecular weight is 293 g/mol. The lowest BCUT2D eigenvalue weighted by atomic mass is 10.2. The molecule has 5 nitrogen and oxygen atoms in total. The van der Waals surface area contributed by atoms with E-state index in [1.165, 1.54) is 0 Å². The lowest BCUT2D eigenvalue weighted by molar-refractivity contribution is 0.415. The van der Waals surface area contributed by atoms with E-state index in [2.05, 4.69) is 20.6 Å². The average Bonchev–Trinajstić information content (AvgIpc) is 2.43. The van der Waals surface area contributed by atoms with Crippen LogP contribution in [0.2, 0.25) is 5.02 Å². The van der Waals surface area contributed by atoms with Gasteiger partial charge in [-0.25, -0.2) is 4.98 Å². The van der Waals surface area contributed by atoms with Crippen molar-refractivity contribution in [1.82, 2.24) is 9.97 Å². The van der Waals surface area contributed by atoms with Crippen molar-refractivity contribution in [2.45, 2.75) is 13.8 Å². The van der Waals surface area contributed by atoms with Crippen LogP contribution in [0.15, 0.2) is 24.4 Å². The maximum atomic E-state index is 6.11. The summed E-state index contributed by atoms with van der Waals surface area (Å²) in [7, 11) is 1.59. The van der Waals surface area contributed by atoms with Gasteiger partial charge in [0.1, 0.15) is 11.6 Å². The van der Waals surface area contributed by atoms with Crippen molar-refractivity contribution < 1.29 is 4.74 Å². The Morgan fingerprint density at radius 3 is 2.80 bits per heavy atom. The Bertz CT molecular complexity index is 604. The van der Waals surface area contributed by atoms with Crippen LogP contribution in [0.4, 0.5) is 17.5 Å². The lowest BCUT2D eigenvalue weighted by Gasteiger charge is -2.11. The molecule has 2 N–H and O–H groups in total. The largest absolute Gasteiger partial charge is 0.495 e. The van der Waals surface area contributed by atoms with Crippen LogP contribution in [0.5, 0.6) is 5.75 Å². The molecule has 0 spiro atoms. The van der Waals surface area contributed by atoms with Gasteiger partial charge in [-0.3, -0.25) is 0 Å². The van der Waals surface area contributed by atoms with Gasteiger partial charge in [-0.05, 0) is 32.0 Å². The van der Waals surface area contributed by atoms with E-state index in [-0.39, 0.29) is 0 Å². The molecule has 0 saturated heterocycles. The second-order valence-electron chi connectivity index (χ2n) is 4.23. The molecule has 0 radical (unpaired) electrons. The normalized spacial score (nSPS) is 10.2. The van der Waals surface area contributed by atoms with Crippen molar-refractivity contribution >= 4 is 29.1 Å². The molecule has 1 heterocycles. The SMILES string of the molecule is CCNc1ncc(C)c(Nc2ccc(OC)c(Cl)c2)n1. The molecule has 0 saturated carbocycles. The van der Waals surface area contributed by atoms with Gasteiger partial charge in [0, 0.05) is 24.0 Å². The van der Waals surface area contributed by atoms with Crippen LogP contribution in [-0.2, 0) is 0 Å². The number of ether oxygens (including phenoxy) is 1. The van der Waals surface area contributed by atoms with Crippen molar-refractivity contribution in [1.29, 1.82) is 0 Å². The number of halogens is 1. The standard InChI is InChI=1S/C14H17ClN4O/c1-4-16-14-17-8-9(2)13(19-14)18-10-5-6-12(20-3)11(15)7-10/h5-8H,4H2,1-3H3,(H2,16,17,18,19). The molecule has 1 aromatic heterocycles. The Hall–Kier alpha value is -2.01. The summed E-state index contributed by atoms with van der Waals surface area (Å²) in [6.45, 7) is 4.72. The van der Waals surface area contributed by atoms with E-state index in [9.17, 15) is 0 Å². The van der Waals surface area contributed by atoms with E-state index in [0.717, 1.165) is 23.6 Å². The van der Waals surface area contributed by atoms with E-state index in [1.54, 1.807) is 19.4 Å². The van der Waals surface area contributed by atoms with Gasteiger partial charge >= 0.3 is 0 Å². The first kappa shape index (κ1) is 14.4. The summed E-state index contributed by atoms with van der Waals surface area (Å²) in [5.41, 5.74) is 1.80. The van der Waals surface area contributed by atoms with Gasteiger partial charge in [0.05, 0.1) is 12.1 Å². The predicted octanol–water partition coefficient (Wildman–Crippen LogP) is 3.62. The van der Waals surface area contributed by atoms with Crippen molar-refractivity contribution in [2.24, 2.45) is 0 Å². The van der Waals surface area contributed by atoms with Crippen molar-refractivity contribution in [3.8, 4) is 5.75 Å². The lowest BCUT2D eigenvalue weighted by Crippen LogP contribution is -2.05. The number of anilines is 3. The minimum Gasteiger partial charge on any atom is -0.495 e. The van der Waals surface area contributed by atoms with Gasteiger partial charge in [-0.1, -0.05) is 11.6 Å². The van der Waals surface area contributed by atoms with Gasteiger partial charge in [0.15, 0.2) is 0 Å². The molecule has 20 heavy (non-hydrogen) atoms. The zero-order chi connectivity index (χ0) is 14.5. The highest BCUT2D eigenvalue weighted by Crippen LogP contribution is 2.29. The van der Waals surface area contributed by atoms with Gasteiger partial charge in [0.25, 0.3) is 0 Å². The van der Waals surface area contributed by atoms with Gasteiger partial charge < -0.3 is 15.4 Å². The van der Waals surface area contributed by atoms with Crippen LogP contribution in [-0.4, -0.2) is 23.6 Å². The molecule has 0 aliphatic carbocycles. The summed E-state index contributed by atoms with van der Waals surface area (Å²) >= 11 is 6.11. The van der Waals surface area contributed by atoms with E-state index >= 15 is 0 Å². The third-order valence-electron chi connectivity index (χ3n) is 2.72. The van der Waals surface area contributed by atoms with Gasteiger partial charge in [-0.2, -0.15) is 4.98 Å². The molecule has 1 aromatic carbocycles. The molecule has 6 heteroatoms. The van der Waals surface area contributed by atoms with E-state index < -0.39 is 0 Å². The highest BCUT2D eigenvalue weighted by molar-refractivity contribution is 6.32. The zero-order valence-electron chi connectivity index (χ0n) is 11.7. The summed E-state index contributed by atoms with van der Waals surface area (Å²) in [6, 6.07) is 5.50. The van der Waals surface area contributed by atoms with Crippen molar-refractivity contribution in [2.75, 3.05) is 24.3 Å². The Labute approximate surface area is 123 Å². The van der Waals surface area contributed by atoms with Crippen LogP contribution in [0.1, 0.15) is 12.5 Å². The highest BCUT2D eigenvalue weighted by Gasteiger charge is 2.06. The first-order valence-corrected chi connectivity index (χ1v) is 6.70. The number of nitrogens with one attached hydrogen (secondary N) is 2. The van der Waals surface area contributed by atoms with Gasteiger partial charge in [-0.15, -0.1) is 0 Å². The Balaban J connectivity index is 2.24. The quantitative estimate of drug-likeness (QED) is 0.881. The molecular weight excluding hydrogens is 276 g/mol. The number of rotatable bonds is 5. The Morgan fingerprint density at radius 2 is 2.15 bits per heavy atom. The highest BCUT2D eigenvalue weighted by atomic mass is 35.5. The first-order chi connectivity index (χ1) is 9.63. The van der Waals surface area contributed by atoms with Crippen molar-refractivity contribution in [3.05, 3.63) is 35.0 Å². The maximum absolute atomic E-state index is 6.11. The smallest absolute Gasteiger partial charge is 0.224 e. The number of nitrogens with zero attached hydrogens (tertiary/aromatic N) is 2. The number of aryl methyl sites for hydroxylation is 1. The predicted molar refractivity (Wildman–Crippen MR) is 82.2 cm³/mol.